The summed E-state index contributed by atoms with van der Waals surface area (Å²) in [5.74, 6) is -0.261. The van der Waals surface area contributed by atoms with Crippen molar-refractivity contribution in [1.82, 2.24) is 5.32 Å². The van der Waals surface area contributed by atoms with Gasteiger partial charge in [0.25, 0.3) is 0 Å². The fourth-order valence-electron chi connectivity index (χ4n) is 7.28. The topological polar surface area (TPSA) is 192 Å². The number of ether oxygens (including phenoxy) is 2. The Bertz CT molecular complexity index is 1060. The van der Waals surface area contributed by atoms with Crippen molar-refractivity contribution < 1.29 is 51.8 Å². The Labute approximate surface area is 340 Å². The van der Waals surface area contributed by atoms with Gasteiger partial charge in [-0.2, -0.15) is 8.42 Å². The fraction of sp³-hybridized carbons (Fsp3) is 0.930. The minimum atomic E-state index is -5.08. The number of hydrogen-bond acceptors (Lipinski definition) is 10. The first kappa shape index (κ1) is 52.9. The van der Waals surface area contributed by atoms with E-state index in [9.17, 15) is 33.6 Å². The summed E-state index contributed by atoms with van der Waals surface area (Å²) in [6.45, 7) is 3.38. The molecule has 13 heteroatoms. The summed E-state index contributed by atoms with van der Waals surface area (Å²) < 4.78 is 47.5. The number of aliphatic hydroxyl groups excluding tert-OH is 4. The van der Waals surface area contributed by atoms with Crippen LogP contribution in [0.15, 0.2) is 12.2 Å². The quantitative estimate of drug-likeness (QED) is 0.0199. The van der Waals surface area contributed by atoms with Crippen molar-refractivity contribution in [3.8, 4) is 0 Å². The highest BCUT2D eigenvalue weighted by atomic mass is 32.3. The number of rotatable bonds is 38. The Morgan fingerprint density at radius 1 is 0.696 bits per heavy atom. The molecule has 1 saturated heterocycles. The second-order valence-electron chi connectivity index (χ2n) is 16.0. The number of nitrogens with one attached hydrogen (secondary N) is 1. The number of allylic oxidation sites excluding steroid dienone is 1. The molecule has 0 radical (unpaired) electrons. The van der Waals surface area contributed by atoms with Gasteiger partial charge >= 0.3 is 10.4 Å². The normalized spacial score (nSPS) is 21.4. The highest BCUT2D eigenvalue weighted by Crippen LogP contribution is 2.26. The number of amides is 1. The van der Waals surface area contributed by atoms with Crippen LogP contribution in [0.5, 0.6) is 0 Å². The van der Waals surface area contributed by atoms with Gasteiger partial charge in [-0.1, -0.05) is 187 Å². The molecular weight excluding hydrogens is 739 g/mol. The maximum Gasteiger partial charge on any atom is 0.397 e. The minimum Gasteiger partial charge on any atom is -0.394 e. The second-order valence-corrected chi connectivity index (χ2v) is 17.0. The molecule has 0 aromatic heterocycles. The summed E-state index contributed by atoms with van der Waals surface area (Å²) in [6, 6.07) is -0.937. The van der Waals surface area contributed by atoms with Crippen LogP contribution in [-0.4, -0.2) is 95.4 Å². The fourth-order valence-corrected chi connectivity index (χ4v) is 7.79. The summed E-state index contributed by atoms with van der Waals surface area (Å²) in [5, 5.41) is 44.6. The van der Waals surface area contributed by atoms with E-state index < -0.39 is 59.9 Å². The lowest BCUT2D eigenvalue weighted by Gasteiger charge is -2.41. The molecule has 0 aromatic carbocycles. The lowest BCUT2D eigenvalue weighted by Crippen LogP contribution is -2.61. The van der Waals surface area contributed by atoms with Crippen molar-refractivity contribution in [2.24, 2.45) is 0 Å². The summed E-state index contributed by atoms with van der Waals surface area (Å²) in [6.07, 6.45) is 28.2. The lowest BCUT2D eigenvalue weighted by molar-refractivity contribution is -0.298. The molecule has 0 spiro atoms. The van der Waals surface area contributed by atoms with Crippen LogP contribution in [0.25, 0.3) is 0 Å². The maximum atomic E-state index is 13.0. The molecule has 1 aliphatic rings. The van der Waals surface area contributed by atoms with E-state index in [0.29, 0.717) is 6.42 Å². The zero-order chi connectivity index (χ0) is 41.3. The molecule has 1 fully saturated rings. The minimum absolute atomic E-state index is 0.261. The Kier molecular flexibility index (Phi) is 32.7. The zero-order valence-corrected chi connectivity index (χ0v) is 36.0. The molecule has 0 saturated carbocycles. The third kappa shape index (κ3) is 27.5. The lowest BCUT2D eigenvalue weighted by atomic mass is 9.99. The number of carbonyl (C=O) groups is 1. The van der Waals surface area contributed by atoms with Gasteiger partial charge in [0.2, 0.25) is 5.91 Å². The number of hydrogen-bond donors (Lipinski definition) is 6. The summed E-state index contributed by atoms with van der Waals surface area (Å²) in [4.78, 5) is 13.0. The van der Waals surface area contributed by atoms with Crippen LogP contribution in [0.4, 0.5) is 0 Å². The number of aliphatic hydroxyl groups is 4. The predicted molar refractivity (Wildman–Crippen MR) is 222 cm³/mol. The van der Waals surface area contributed by atoms with Gasteiger partial charge in [0.1, 0.15) is 24.4 Å². The van der Waals surface area contributed by atoms with Gasteiger partial charge < -0.3 is 35.2 Å². The van der Waals surface area contributed by atoms with E-state index in [1.807, 2.05) is 6.08 Å². The van der Waals surface area contributed by atoms with Crippen LogP contribution >= 0.6 is 0 Å². The molecule has 6 N–H and O–H groups in total. The van der Waals surface area contributed by atoms with Gasteiger partial charge in [-0.3, -0.25) is 9.35 Å². The molecule has 7 atom stereocenters. The first-order valence-corrected chi connectivity index (χ1v) is 23.9. The molecule has 1 heterocycles. The molecule has 12 nitrogen and oxygen atoms in total. The van der Waals surface area contributed by atoms with Crippen molar-refractivity contribution in [2.45, 2.75) is 243 Å². The first-order valence-electron chi connectivity index (χ1n) is 22.6. The van der Waals surface area contributed by atoms with E-state index in [1.54, 1.807) is 6.08 Å². The van der Waals surface area contributed by atoms with Crippen LogP contribution in [0, 0.1) is 0 Å². The Balaban J connectivity index is 2.55. The van der Waals surface area contributed by atoms with Crippen molar-refractivity contribution in [3.05, 3.63) is 12.2 Å². The van der Waals surface area contributed by atoms with Crippen LogP contribution in [0.3, 0.4) is 0 Å². The SMILES string of the molecule is CCCCCCCCCCCCCCC/C=C/C(O)C(COC1OC(CO)C(O)C(OS(=O)(=O)O)C1O)NC(=O)CCCCCCCCCCCCCCCC. The zero-order valence-electron chi connectivity index (χ0n) is 35.2. The van der Waals surface area contributed by atoms with E-state index in [2.05, 4.69) is 23.3 Å². The van der Waals surface area contributed by atoms with Crippen molar-refractivity contribution in [3.63, 3.8) is 0 Å². The monoisotopic (exact) mass is 822 g/mol. The largest absolute Gasteiger partial charge is 0.397 e. The van der Waals surface area contributed by atoms with E-state index in [4.69, 9.17) is 14.0 Å². The highest BCUT2D eigenvalue weighted by molar-refractivity contribution is 7.80. The van der Waals surface area contributed by atoms with Crippen molar-refractivity contribution >= 4 is 16.3 Å². The van der Waals surface area contributed by atoms with Gasteiger partial charge in [0, 0.05) is 6.42 Å². The molecule has 7 unspecified atom stereocenters. The van der Waals surface area contributed by atoms with Gasteiger partial charge in [-0.15, -0.1) is 0 Å². The summed E-state index contributed by atoms with van der Waals surface area (Å²) in [7, 11) is -5.08. The first-order chi connectivity index (χ1) is 27.0. The molecule has 1 amide bonds. The summed E-state index contributed by atoms with van der Waals surface area (Å²) in [5.41, 5.74) is 0. The Morgan fingerprint density at radius 3 is 1.55 bits per heavy atom. The van der Waals surface area contributed by atoms with Gasteiger partial charge in [-0.25, -0.2) is 4.18 Å². The van der Waals surface area contributed by atoms with Crippen molar-refractivity contribution in [2.75, 3.05) is 13.2 Å². The molecule has 1 rings (SSSR count). The number of carbonyl (C=O) groups excluding carboxylic acids is 1. The van der Waals surface area contributed by atoms with E-state index >= 15 is 0 Å². The highest BCUT2D eigenvalue weighted by Gasteiger charge is 2.48. The Hall–Kier alpha value is -1.16. The molecule has 0 aromatic rings. The van der Waals surface area contributed by atoms with Crippen LogP contribution in [0.2, 0.25) is 0 Å². The molecule has 1 aliphatic heterocycles. The molecule has 56 heavy (non-hydrogen) atoms. The van der Waals surface area contributed by atoms with Crippen LogP contribution < -0.4 is 5.32 Å². The van der Waals surface area contributed by atoms with Gasteiger partial charge in [-0.05, 0) is 19.3 Å². The average molecular weight is 822 g/mol. The average Bonchev–Trinajstić information content (AvgIpc) is 3.16. The standard InChI is InChI=1S/C43H83NO11S/c1-3-5-7-9-11-13-15-17-19-20-22-24-26-28-30-32-37(46)36(35-53-43-41(49)42(55-56(50,51)52)40(48)38(34-45)54-43)44-39(47)33-31-29-27-25-23-21-18-16-14-12-10-8-6-4-2/h30,32,36-38,40-43,45-46,48-49H,3-29,31,33-35H2,1-2H3,(H,44,47)(H,50,51,52)/b32-30+. The van der Waals surface area contributed by atoms with Crippen molar-refractivity contribution in [1.29, 1.82) is 0 Å². The van der Waals surface area contributed by atoms with Crippen LogP contribution in [-0.2, 0) is 28.9 Å². The smallest absolute Gasteiger partial charge is 0.394 e. The van der Waals surface area contributed by atoms with E-state index in [-0.39, 0.29) is 18.9 Å². The second kappa shape index (κ2) is 34.7. The third-order valence-corrected chi connectivity index (χ3v) is 11.3. The van der Waals surface area contributed by atoms with E-state index in [0.717, 1.165) is 38.5 Å². The molecular formula is C43H83NO11S. The molecule has 332 valence electrons. The van der Waals surface area contributed by atoms with Gasteiger partial charge in [0.05, 0.1) is 25.4 Å². The molecule has 0 bridgehead atoms. The number of unbranched alkanes of at least 4 members (excludes halogenated alkanes) is 26. The summed E-state index contributed by atoms with van der Waals surface area (Å²) >= 11 is 0. The predicted octanol–water partition coefficient (Wildman–Crippen LogP) is 8.38. The maximum absolute atomic E-state index is 13.0. The van der Waals surface area contributed by atoms with Crippen LogP contribution in [0.1, 0.15) is 200 Å². The molecule has 0 aliphatic carbocycles. The Morgan fingerprint density at radius 2 is 1.12 bits per heavy atom. The van der Waals surface area contributed by atoms with Gasteiger partial charge in [0.15, 0.2) is 6.29 Å². The third-order valence-electron chi connectivity index (χ3n) is 10.8. The van der Waals surface area contributed by atoms with E-state index in [1.165, 1.54) is 135 Å².